The zero-order valence-corrected chi connectivity index (χ0v) is 8.58. The van der Waals surface area contributed by atoms with Gasteiger partial charge < -0.3 is 10.2 Å². The molecule has 0 spiro atoms. The van der Waals surface area contributed by atoms with Gasteiger partial charge in [0.15, 0.2) is 17.3 Å². The average Bonchev–Trinajstić information content (AvgIpc) is 2.08. The number of aromatic hydroxyl groups is 2. The SMILES string of the molecule is C[C@@H](Br)C(=O)c1ccc(O)c(O)c1. The zero-order valence-electron chi connectivity index (χ0n) is 6.99. The smallest absolute Gasteiger partial charge is 0.176 e. The Hall–Kier alpha value is -1.03. The molecule has 0 saturated carbocycles. The molecule has 0 amide bonds. The molecule has 1 atom stereocenters. The third-order valence-corrected chi connectivity index (χ3v) is 2.04. The summed E-state index contributed by atoms with van der Waals surface area (Å²) in [7, 11) is 0. The van der Waals surface area contributed by atoms with Crippen LogP contribution in [0.3, 0.4) is 0 Å². The van der Waals surface area contributed by atoms with Crippen LogP contribution < -0.4 is 0 Å². The lowest BCUT2D eigenvalue weighted by molar-refractivity contribution is 0.0995. The van der Waals surface area contributed by atoms with Crippen LogP contribution in [0.15, 0.2) is 18.2 Å². The molecule has 3 nitrogen and oxygen atoms in total. The van der Waals surface area contributed by atoms with E-state index in [1.165, 1.54) is 18.2 Å². The van der Waals surface area contributed by atoms with Crippen molar-refractivity contribution in [3.05, 3.63) is 23.8 Å². The molecule has 1 aromatic carbocycles. The highest BCUT2D eigenvalue weighted by Gasteiger charge is 2.13. The summed E-state index contributed by atoms with van der Waals surface area (Å²) in [4.78, 5) is 11.1. The maximum atomic E-state index is 11.4. The molecule has 2 N–H and O–H groups in total. The van der Waals surface area contributed by atoms with Crippen LogP contribution in [-0.2, 0) is 0 Å². The predicted molar refractivity (Wildman–Crippen MR) is 52.5 cm³/mol. The molecule has 13 heavy (non-hydrogen) atoms. The Morgan fingerprint density at radius 1 is 1.38 bits per heavy atom. The number of ketones is 1. The number of halogens is 1. The van der Waals surface area contributed by atoms with Crippen molar-refractivity contribution < 1.29 is 15.0 Å². The number of carbonyl (C=O) groups excluding carboxylic acids is 1. The first kappa shape index (κ1) is 10.1. The van der Waals surface area contributed by atoms with E-state index in [0.29, 0.717) is 5.56 Å². The lowest BCUT2D eigenvalue weighted by Gasteiger charge is -2.03. The third kappa shape index (κ3) is 2.21. The lowest BCUT2D eigenvalue weighted by atomic mass is 10.1. The van der Waals surface area contributed by atoms with Crippen LogP contribution >= 0.6 is 15.9 Å². The molecule has 0 bridgehead atoms. The van der Waals surface area contributed by atoms with Gasteiger partial charge in [-0.1, -0.05) is 15.9 Å². The second-order valence-electron chi connectivity index (χ2n) is 2.68. The Morgan fingerprint density at radius 2 is 2.00 bits per heavy atom. The van der Waals surface area contributed by atoms with Crippen molar-refractivity contribution in [3.63, 3.8) is 0 Å². The van der Waals surface area contributed by atoms with Gasteiger partial charge in [-0.2, -0.15) is 0 Å². The fourth-order valence-electron chi connectivity index (χ4n) is 0.906. The Bertz CT molecular complexity index is 334. The number of benzene rings is 1. The van der Waals surface area contributed by atoms with E-state index in [1.54, 1.807) is 6.92 Å². The van der Waals surface area contributed by atoms with Crippen LogP contribution in [0.4, 0.5) is 0 Å². The Kier molecular flexibility index (Phi) is 2.93. The van der Waals surface area contributed by atoms with Crippen molar-refractivity contribution in [2.24, 2.45) is 0 Å². The van der Waals surface area contributed by atoms with Crippen molar-refractivity contribution in [1.82, 2.24) is 0 Å². The minimum Gasteiger partial charge on any atom is -0.504 e. The number of Topliss-reactive ketones (excluding diaryl/α,β-unsaturated/α-hetero) is 1. The summed E-state index contributed by atoms with van der Waals surface area (Å²) in [5, 5.41) is 18.1. The summed E-state index contributed by atoms with van der Waals surface area (Å²) in [6, 6.07) is 4.00. The van der Waals surface area contributed by atoms with Gasteiger partial charge in [0.1, 0.15) is 0 Å². The molecule has 0 aliphatic rings. The number of hydrogen-bond acceptors (Lipinski definition) is 3. The van der Waals surface area contributed by atoms with Gasteiger partial charge in [-0.15, -0.1) is 0 Å². The fraction of sp³-hybridized carbons (Fsp3) is 0.222. The molecule has 1 rings (SSSR count). The summed E-state index contributed by atoms with van der Waals surface area (Å²) in [6.45, 7) is 1.70. The number of carbonyl (C=O) groups is 1. The van der Waals surface area contributed by atoms with Gasteiger partial charge in [0, 0.05) is 5.56 Å². The predicted octanol–water partition coefficient (Wildman–Crippen LogP) is 2.06. The van der Waals surface area contributed by atoms with Gasteiger partial charge in [-0.25, -0.2) is 0 Å². The summed E-state index contributed by atoms with van der Waals surface area (Å²) in [5.74, 6) is -0.631. The maximum absolute atomic E-state index is 11.4. The minimum absolute atomic E-state index is 0.129. The highest BCUT2D eigenvalue weighted by Crippen LogP contribution is 2.25. The van der Waals surface area contributed by atoms with Crippen molar-refractivity contribution in [3.8, 4) is 11.5 Å². The molecule has 0 fully saturated rings. The average molecular weight is 245 g/mol. The maximum Gasteiger partial charge on any atom is 0.176 e. The molecule has 1 aromatic rings. The number of alkyl halides is 1. The normalized spacial score (nSPS) is 12.5. The topological polar surface area (TPSA) is 57.5 Å². The standard InChI is InChI=1S/C9H9BrO3/c1-5(10)9(13)6-2-3-7(11)8(12)4-6/h2-5,11-12H,1H3/t5-/m1/s1. The number of hydrogen-bond donors (Lipinski definition) is 2. The van der Waals surface area contributed by atoms with E-state index >= 15 is 0 Å². The fourth-order valence-corrected chi connectivity index (χ4v) is 1.17. The number of rotatable bonds is 2. The van der Waals surface area contributed by atoms with Crippen LogP contribution in [0.5, 0.6) is 11.5 Å². The Balaban J connectivity index is 3.04. The molecule has 0 saturated heterocycles. The molecule has 0 aromatic heterocycles. The molecular weight excluding hydrogens is 236 g/mol. The van der Waals surface area contributed by atoms with Gasteiger partial charge in [0.05, 0.1) is 4.83 Å². The van der Waals surface area contributed by atoms with Crippen molar-refractivity contribution in [1.29, 1.82) is 0 Å². The minimum atomic E-state index is -0.295. The largest absolute Gasteiger partial charge is 0.504 e. The van der Waals surface area contributed by atoms with Crippen LogP contribution in [-0.4, -0.2) is 20.8 Å². The van der Waals surface area contributed by atoms with Gasteiger partial charge in [0.25, 0.3) is 0 Å². The molecule has 0 heterocycles. The quantitative estimate of drug-likeness (QED) is 0.476. The Labute approximate surface area is 84.1 Å². The summed E-state index contributed by atoms with van der Waals surface area (Å²) < 4.78 is 0. The van der Waals surface area contributed by atoms with E-state index < -0.39 is 0 Å². The van der Waals surface area contributed by atoms with E-state index in [-0.39, 0.29) is 22.1 Å². The summed E-state index contributed by atoms with van der Waals surface area (Å²) in [5.41, 5.74) is 0.375. The second kappa shape index (κ2) is 3.79. The van der Waals surface area contributed by atoms with Crippen LogP contribution in [0, 0.1) is 0 Å². The molecule has 0 radical (unpaired) electrons. The highest BCUT2D eigenvalue weighted by atomic mass is 79.9. The summed E-state index contributed by atoms with van der Waals surface area (Å²) >= 11 is 3.13. The monoisotopic (exact) mass is 244 g/mol. The van der Waals surface area contributed by atoms with Crippen LogP contribution in [0.1, 0.15) is 17.3 Å². The number of phenols is 2. The molecule has 4 heteroatoms. The first-order valence-corrected chi connectivity index (χ1v) is 4.64. The van der Waals surface area contributed by atoms with E-state index in [9.17, 15) is 4.79 Å². The first-order chi connectivity index (χ1) is 6.02. The molecular formula is C9H9BrO3. The van der Waals surface area contributed by atoms with Gasteiger partial charge in [-0.05, 0) is 25.1 Å². The van der Waals surface area contributed by atoms with Crippen molar-refractivity contribution in [2.45, 2.75) is 11.8 Å². The highest BCUT2D eigenvalue weighted by molar-refractivity contribution is 9.10. The molecule has 0 unspecified atom stereocenters. The van der Waals surface area contributed by atoms with E-state index in [4.69, 9.17) is 10.2 Å². The van der Waals surface area contributed by atoms with Crippen molar-refractivity contribution in [2.75, 3.05) is 0 Å². The number of phenolic OH excluding ortho intramolecular Hbond substituents is 2. The van der Waals surface area contributed by atoms with Gasteiger partial charge in [-0.3, -0.25) is 4.79 Å². The second-order valence-corrected chi connectivity index (χ2v) is 4.06. The first-order valence-electron chi connectivity index (χ1n) is 3.72. The van der Waals surface area contributed by atoms with E-state index in [1.807, 2.05) is 0 Å². The van der Waals surface area contributed by atoms with Crippen LogP contribution in [0.2, 0.25) is 0 Å². The molecule has 70 valence electrons. The zero-order chi connectivity index (χ0) is 10.0. The summed E-state index contributed by atoms with van der Waals surface area (Å²) in [6.07, 6.45) is 0. The van der Waals surface area contributed by atoms with E-state index in [0.717, 1.165) is 0 Å². The van der Waals surface area contributed by atoms with E-state index in [2.05, 4.69) is 15.9 Å². The van der Waals surface area contributed by atoms with Crippen molar-refractivity contribution >= 4 is 21.7 Å². The third-order valence-electron chi connectivity index (χ3n) is 1.62. The van der Waals surface area contributed by atoms with Crippen LogP contribution in [0.25, 0.3) is 0 Å². The lowest BCUT2D eigenvalue weighted by Crippen LogP contribution is -2.09. The van der Waals surface area contributed by atoms with Gasteiger partial charge >= 0.3 is 0 Å². The Morgan fingerprint density at radius 3 is 2.46 bits per heavy atom. The molecule has 0 aliphatic carbocycles. The van der Waals surface area contributed by atoms with Gasteiger partial charge in [0.2, 0.25) is 0 Å². The molecule has 0 aliphatic heterocycles.